The Morgan fingerprint density at radius 1 is 1.09 bits per heavy atom. The van der Waals surface area contributed by atoms with Crippen molar-refractivity contribution in [3.8, 4) is 0 Å². The molecule has 0 unspecified atom stereocenters. The van der Waals surface area contributed by atoms with Gasteiger partial charge < -0.3 is 15.4 Å². The third-order valence-corrected chi connectivity index (χ3v) is 5.05. The summed E-state index contributed by atoms with van der Waals surface area (Å²) in [5.74, 6) is -1.35. The van der Waals surface area contributed by atoms with Gasteiger partial charge in [-0.2, -0.15) is 0 Å². The van der Waals surface area contributed by atoms with Crippen molar-refractivity contribution in [3.05, 3.63) is 62.8 Å². The first kappa shape index (κ1) is 25.6. The number of aromatic amines is 1. The van der Waals surface area contributed by atoms with Gasteiger partial charge in [0, 0.05) is 19.2 Å². The summed E-state index contributed by atoms with van der Waals surface area (Å²) in [4.78, 5) is 53.3. The van der Waals surface area contributed by atoms with Crippen LogP contribution in [0, 0.1) is 0 Å². The molecule has 2 rings (SSSR count). The van der Waals surface area contributed by atoms with Gasteiger partial charge in [-0.1, -0.05) is 63.4 Å². The third kappa shape index (κ3) is 7.48. The van der Waals surface area contributed by atoms with Crippen LogP contribution in [0.1, 0.15) is 51.5 Å². The number of aromatic nitrogens is 2. The lowest BCUT2D eigenvalue weighted by molar-refractivity contribution is -0.142. The van der Waals surface area contributed by atoms with Crippen molar-refractivity contribution in [1.82, 2.24) is 9.55 Å². The molecule has 0 atom stereocenters. The zero-order valence-corrected chi connectivity index (χ0v) is 19.2. The van der Waals surface area contributed by atoms with E-state index in [2.05, 4.69) is 4.98 Å². The molecule has 1 aromatic carbocycles. The summed E-state index contributed by atoms with van der Waals surface area (Å²) < 4.78 is 6.35. The number of nitrogens with one attached hydrogen (secondary N) is 1. The van der Waals surface area contributed by atoms with E-state index in [1.54, 1.807) is 6.08 Å². The highest BCUT2D eigenvalue weighted by Crippen LogP contribution is 2.18. The number of hydrogen-bond donors (Lipinski definition) is 2. The molecule has 2 aromatic rings. The molecular formula is C24H32N4O5. The van der Waals surface area contributed by atoms with Crippen LogP contribution >= 0.6 is 0 Å². The Bertz CT molecular complexity index is 1070. The largest absolute Gasteiger partial charge is 0.452 e. The Morgan fingerprint density at radius 3 is 2.45 bits per heavy atom. The molecule has 33 heavy (non-hydrogen) atoms. The molecule has 3 N–H and O–H groups in total. The Labute approximate surface area is 192 Å². The first-order valence-electron chi connectivity index (χ1n) is 11.2. The van der Waals surface area contributed by atoms with E-state index < -0.39 is 29.7 Å². The minimum Gasteiger partial charge on any atom is -0.452 e. The fourth-order valence-electron chi connectivity index (χ4n) is 3.24. The number of nitrogens with two attached hydrogens (primary N) is 1. The molecule has 0 saturated carbocycles. The minimum absolute atomic E-state index is 0.0719. The monoisotopic (exact) mass is 456 g/mol. The van der Waals surface area contributed by atoms with Crippen LogP contribution in [0.25, 0.3) is 6.08 Å². The number of nitrogen functional groups attached to an aromatic ring is 1. The molecular weight excluding hydrogens is 424 g/mol. The van der Waals surface area contributed by atoms with Gasteiger partial charge in [-0.15, -0.1) is 0 Å². The highest BCUT2D eigenvalue weighted by Gasteiger charge is 2.24. The highest BCUT2D eigenvalue weighted by atomic mass is 16.5. The van der Waals surface area contributed by atoms with Gasteiger partial charge in [0.25, 0.3) is 11.5 Å². The van der Waals surface area contributed by atoms with E-state index in [0.29, 0.717) is 19.4 Å². The van der Waals surface area contributed by atoms with Gasteiger partial charge >= 0.3 is 11.7 Å². The van der Waals surface area contributed by atoms with E-state index in [4.69, 9.17) is 10.5 Å². The van der Waals surface area contributed by atoms with Crippen molar-refractivity contribution < 1.29 is 14.3 Å². The maximum atomic E-state index is 13.0. The molecule has 9 nitrogen and oxygen atoms in total. The fourth-order valence-corrected chi connectivity index (χ4v) is 3.24. The van der Waals surface area contributed by atoms with Gasteiger partial charge in [-0.3, -0.25) is 19.1 Å². The van der Waals surface area contributed by atoms with Crippen LogP contribution in [0.3, 0.4) is 0 Å². The molecule has 0 aliphatic heterocycles. The van der Waals surface area contributed by atoms with Crippen molar-refractivity contribution >= 4 is 29.5 Å². The zero-order chi connectivity index (χ0) is 24.2. The van der Waals surface area contributed by atoms with Crippen molar-refractivity contribution in [2.75, 3.05) is 23.8 Å². The topological polar surface area (TPSA) is 127 Å². The van der Waals surface area contributed by atoms with Crippen molar-refractivity contribution in [2.24, 2.45) is 0 Å². The standard InChI is InChI=1S/C24H32N4O5/c1-3-5-10-16-27(21-22(25)28(15-6-4-2)24(32)26-23(21)31)19(29)17-33-20(30)14-13-18-11-8-7-9-12-18/h7-9,11-14H,3-6,10,15-17,25H2,1-2H3,(H,26,31,32)/b14-13+. The number of ether oxygens (including phenoxy) is 1. The predicted octanol–water partition coefficient (Wildman–Crippen LogP) is 2.70. The smallest absolute Gasteiger partial charge is 0.331 e. The van der Waals surface area contributed by atoms with Crippen LogP contribution in [0.5, 0.6) is 0 Å². The quantitative estimate of drug-likeness (QED) is 0.287. The van der Waals surface area contributed by atoms with Crippen LogP contribution in [-0.2, 0) is 20.9 Å². The van der Waals surface area contributed by atoms with Crippen LogP contribution in [0.2, 0.25) is 0 Å². The van der Waals surface area contributed by atoms with E-state index in [9.17, 15) is 19.2 Å². The van der Waals surface area contributed by atoms with Crippen molar-refractivity contribution in [1.29, 1.82) is 0 Å². The summed E-state index contributed by atoms with van der Waals surface area (Å²) in [5.41, 5.74) is 5.53. The van der Waals surface area contributed by atoms with E-state index in [1.807, 2.05) is 44.2 Å². The minimum atomic E-state index is -0.745. The van der Waals surface area contributed by atoms with E-state index in [-0.39, 0.29) is 18.1 Å². The molecule has 1 amide bonds. The van der Waals surface area contributed by atoms with Gasteiger partial charge in [0.2, 0.25) is 0 Å². The molecule has 0 radical (unpaired) electrons. The second-order valence-corrected chi connectivity index (χ2v) is 7.60. The fraction of sp³-hybridized carbons (Fsp3) is 0.417. The van der Waals surface area contributed by atoms with Gasteiger partial charge in [0.15, 0.2) is 12.3 Å². The number of esters is 1. The van der Waals surface area contributed by atoms with E-state index >= 15 is 0 Å². The maximum absolute atomic E-state index is 13.0. The number of amides is 1. The number of anilines is 2. The van der Waals surface area contributed by atoms with E-state index in [0.717, 1.165) is 24.8 Å². The lowest BCUT2D eigenvalue weighted by Crippen LogP contribution is -2.43. The van der Waals surface area contributed by atoms with Crippen LogP contribution in [0.4, 0.5) is 11.5 Å². The van der Waals surface area contributed by atoms with Gasteiger partial charge in [0.05, 0.1) is 0 Å². The lowest BCUT2D eigenvalue weighted by Gasteiger charge is -2.24. The Balaban J connectivity index is 2.22. The molecule has 1 heterocycles. The number of carbonyl (C=O) groups excluding carboxylic acids is 2. The highest BCUT2D eigenvalue weighted by molar-refractivity contribution is 5.98. The lowest BCUT2D eigenvalue weighted by atomic mass is 10.2. The average Bonchev–Trinajstić information content (AvgIpc) is 2.80. The maximum Gasteiger partial charge on any atom is 0.331 e. The molecule has 178 valence electrons. The van der Waals surface area contributed by atoms with Crippen molar-refractivity contribution in [2.45, 2.75) is 52.5 Å². The SMILES string of the molecule is CCCCCN(C(=O)COC(=O)/C=C/c1ccccc1)c1c(N)n(CCCC)c(=O)[nH]c1=O. The zero-order valence-electron chi connectivity index (χ0n) is 19.2. The Hall–Kier alpha value is -3.62. The van der Waals surface area contributed by atoms with Crippen molar-refractivity contribution in [3.63, 3.8) is 0 Å². The second-order valence-electron chi connectivity index (χ2n) is 7.60. The number of H-pyrrole nitrogens is 1. The van der Waals surface area contributed by atoms with Gasteiger partial charge in [0.1, 0.15) is 5.82 Å². The van der Waals surface area contributed by atoms with Crippen LogP contribution in [0.15, 0.2) is 46.0 Å². The van der Waals surface area contributed by atoms with E-state index in [1.165, 1.54) is 15.5 Å². The molecule has 0 aliphatic rings. The number of carbonyl (C=O) groups is 2. The number of benzene rings is 1. The number of nitrogens with zero attached hydrogens (tertiary/aromatic N) is 2. The third-order valence-electron chi connectivity index (χ3n) is 5.05. The molecule has 9 heteroatoms. The van der Waals surface area contributed by atoms with Gasteiger partial charge in [-0.05, 0) is 24.5 Å². The summed E-state index contributed by atoms with van der Waals surface area (Å²) in [5, 5.41) is 0. The molecule has 0 fully saturated rings. The first-order chi connectivity index (χ1) is 15.9. The number of hydrogen-bond acceptors (Lipinski definition) is 6. The number of unbranched alkanes of at least 4 members (excludes halogenated alkanes) is 3. The summed E-state index contributed by atoms with van der Waals surface area (Å²) in [7, 11) is 0. The van der Waals surface area contributed by atoms with Crippen LogP contribution in [-0.4, -0.2) is 34.6 Å². The molecule has 0 saturated heterocycles. The Kier molecular flexibility index (Phi) is 10.1. The average molecular weight is 457 g/mol. The Morgan fingerprint density at radius 2 is 1.79 bits per heavy atom. The summed E-state index contributed by atoms with van der Waals surface area (Å²) in [6, 6.07) is 9.19. The normalized spacial score (nSPS) is 11.0. The predicted molar refractivity (Wildman–Crippen MR) is 129 cm³/mol. The second kappa shape index (κ2) is 13.0. The summed E-state index contributed by atoms with van der Waals surface area (Å²) >= 11 is 0. The molecule has 0 bridgehead atoms. The van der Waals surface area contributed by atoms with Gasteiger partial charge in [-0.25, -0.2) is 9.59 Å². The summed E-state index contributed by atoms with van der Waals surface area (Å²) in [6.45, 7) is 3.95. The first-order valence-corrected chi connectivity index (χ1v) is 11.2. The summed E-state index contributed by atoms with van der Waals surface area (Å²) in [6.07, 6.45) is 6.68. The van der Waals surface area contributed by atoms with Crippen LogP contribution < -0.4 is 21.9 Å². The molecule has 0 aliphatic carbocycles. The molecule has 0 spiro atoms. The molecule has 1 aromatic heterocycles. The number of rotatable bonds is 12.